The number of hydrogen-bond donors (Lipinski definition) is 0. The Kier molecular flexibility index (Phi) is 17.1. The van der Waals surface area contributed by atoms with Gasteiger partial charge in [0.25, 0.3) is 0 Å². The maximum Gasteiger partial charge on any atom is 0.350 e. The van der Waals surface area contributed by atoms with Gasteiger partial charge in [-0.1, -0.05) is 41.5 Å². The normalized spacial score (nSPS) is 10.2. The monoisotopic (exact) mass is 331 g/mol. The van der Waals surface area contributed by atoms with Crippen molar-refractivity contribution in [2.24, 2.45) is 0 Å². The standard InChI is InChI=1S/C19H42N3.FH/c1-7-13-20(14-8-2)19(21(15-9-3)16-10-4)22(17-11-5)18-12-6;/h7-18H2,1-6H3;1H/q+1;/p-1. The van der Waals surface area contributed by atoms with E-state index in [2.05, 4.69) is 55.9 Å². The lowest BCUT2D eigenvalue weighted by atomic mass is 10.3. The molecule has 0 N–H and O–H groups in total. The molecule has 0 saturated heterocycles. The Morgan fingerprint density at radius 1 is 0.565 bits per heavy atom. The predicted octanol–water partition coefficient (Wildman–Crippen LogP) is 1.42. The van der Waals surface area contributed by atoms with Crippen LogP contribution in [0.25, 0.3) is 0 Å². The summed E-state index contributed by atoms with van der Waals surface area (Å²) in [6.45, 7) is 20.9. The number of halogens is 1. The van der Waals surface area contributed by atoms with Gasteiger partial charge >= 0.3 is 5.96 Å². The van der Waals surface area contributed by atoms with Crippen LogP contribution in [-0.2, 0) is 0 Å². The van der Waals surface area contributed by atoms with E-state index < -0.39 is 0 Å². The van der Waals surface area contributed by atoms with E-state index in [9.17, 15) is 0 Å². The summed E-state index contributed by atoms with van der Waals surface area (Å²) in [6, 6.07) is 0. The third-order valence-electron chi connectivity index (χ3n) is 3.81. The highest BCUT2D eigenvalue weighted by Gasteiger charge is 2.27. The zero-order valence-corrected chi connectivity index (χ0v) is 16.7. The minimum Gasteiger partial charge on any atom is -1.00 e. The van der Waals surface area contributed by atoms with E-state index in [1.165, 1.54) is 83.8 Å². The molecular formula is C19H42FN3. The van der Waals surface area contributed by atoms with E-state index in [1.807, 2.05) is 0 Å². The van der Waals surface area contributed by atoms with Crippen LogP contribution in [0, 0.1) is 0 Å². The van der Waals surface area contributed by atoms with Gasteiger partial charge in [0.1, 0.15) is 0 Å². The molecule has 0 radical (unpaired) electrons. The van der Waals surface area contributed by atoms with Crippen molar-refractivity contribution in [2.75, 3.05) is 39.3 Å². The van der Waals surface area contributed by atoms with Gasteiger partial charge in [-0.05, 0) is 38.5 Å². The number of guanidine groups is 1. The zero-order valence-electron chi connectivity index (χ0n) is 16.7. The van der Waals surface area contributed by atoms with Crippen molar-refractivity contribution in [3.05, 3.63) is 0 Å². The van der Waals surface area contributed by atoms with Crippen LogP contribution in [0.1, 0.15) is 80.1 Å². The first-order valence-electron chi connectivity index (χ1n) is 9.81. The largest absolute Gasteiger partial charge is 1.00 e. The Labute approximate surface area is 145 Å². The van der Waals surface area contributed by atoms with Gasteiger partial charge in [-0.15, -0.1) is 0 Å². The van der Waals surface area contributed by atoms with Crippen molar-refractivity contribution in [3.8, 4) is 0 Å². The molecule has 0 aliphatic heterocycles. The van der Waals surface area contributed by atoms with Crippen molar-refractivity contribution in [1.29, 1.82) is 0 Å². The van der Waals surface area contributed by atoms with Gasteiger partial charge < -0.3 is 4.70 Å². The quantitative estimate of drug-likeness (QED) is 0.304. The lowest BCUT2D eigenvalue weighted by Gasteiger charge is -2.30. The van der Waals surface area contributed by atoms with Gasteiger partial charge in [-0.3, -0.25) is 14.4 Å². The molecule has 4 heteroatoms. The van der Waals surface area contributed by atoms with Gasteiger partial charge in [0, 0.05) is 0 Å². The Hall–Kier alpha value is -0.800. The minimum absolute atomic E-state index is 0. The van der Waals surface area contributed by atoms with Crippen LogP contribution >= 0.6 is 0 Å². The Morgan fingerprint density at radius 3 is 1.09 bits per heavy atom. The van der Waals surface area contributed by atoms with Crippen molar-refractivity contribution in [1.82, 2.24) is 9.80 Å². The Balaban J connectivity index is 0. The molecule has 140 valence electrons. The molecule has 0 heterocycles. The second-order valence-corrected chi connectivity index (χ2v) is 6.26. The fourth-order valence-electron chi connectivity index (χ4n) is 3.15. The van der Waals surface area contributed by atoms with Gasteiger partial charge in [0.05, 0.1) is 39.3 Å². The summed E-state index contributed by atoms with van der Waals surface area (Å²) in [7, 11) is 0. The summed E-state index contributed by atoms with van der Waals surface area (Å²) in [5.41, 5.74) is 0. The van der Waals surface area contributed by atoms with E-state index in [0.29, 0.717) is 0 Å². The molecular weight excluding hydrogens is 289 g/mol. The highest BCUT2D eigenvalue weighted by atomic mass is 19.0. The summed E-state index contributed by atoms with van der Waals surface area (Å²) in [6.07, 6.45) is 7.34. The first kappa shape index (κ1) is 24.5. The average molecular weight is 332 g/mol. The van der Waals surface area contributed by atoms with Crippen LogP contribution in [-0.4, -0.2) is 59.6 Å². The molecule has 0 atom stereocenters. The van der Waals surface area contributed by atoms with Crippen molar-refractivity contribution in [3.63, 3.8) is 0 Å². The van der Waals surface area contributed by atoms with Crippen molar-refractivity contribution >= 4 is 5.96 Å². The average Bonchev–Trinajstić information content (AvgIpc) is 2.49. The molecule has 0 aromatic carbocycles. The van der Waals surface area contributed by atoms with Crippen molar-refractivity contribution < 1.29 is 9.28 Å². The first-order valence-corrected chi connectivity index (χ1v) is 9.81. The van der Waals surface area contributed by atoms with E-state index >= 15 is 0 Å². The summed E-state index contributed by atoms with van der Waals surface area (Å²) in [4.78, 5) is 5.30. The maximum atomic E-state index is 2.65. The van der Waals surface area contributed by atoms with Crippen LogP contribution < -0.4 is 4.70 Å². The molecule has 0 bridgehead atoms. The molecule has 0 rings (SSSR count). The fraction of sp³-hybridized carbons (Fsp3) is 0.947. The Morgan fingerprint density at radius 2 is 0.870 bits per heavy atom. The molecule has 0 aromatic rings. The summed E-state index contributed by atoms with van der Waals surface area (Å²) in [5.74, 6) is 1.51. The molecule has 0 aromatic heterocycles. The smallest absolute Gasteiger partial charge is 0.350 e. The molecule has 3 nitrogen and oxygen atoms in total. The van der Waals surface area contributed by atoms with Crippen LogP contribution in [0.5, 0.6) is 0 Å². The fourth-order valence-corrected chi connectivity index (χ4v) is 3.15. The van der Waals surface area contributed by atoms with Crippen LogP contribution in [0.3, 0.4) is 0 Å². The van der Waals surface area contributed by atoms with Gasteiger partial charge in [0.15, 0.2) is 0 Å². The van der Waals surface area contributed by atoms with Gasteiger partial charge in [-0.25, -0.2) is 0 Å². The molecule has 0 spiro atoms. The Bertz CT molecular complexity index is 254. The van der Waals surface area contributed by atoms with Gasteiger partial charge in [-0.2, -0.15) is 0 Å². The second kappa shape index (κ2) is 16.1. The van der Waals surface area contributed by atoms with Crippen LogP contribution in [0.15, 0.2) is 0 Å². The third-order valence-corrected chi connectivity index (χ3v) is 3.81. The minimum atomic E-state index is 0. The topological polar surface area (TPSA) is 9.49 Å². The summed E-state index contributed by atoms with van der Waals surface area (Å²) >= 11 is 0. The van der Waals surface area contributed by atoms with E-state index in [4.69, 9.17) is 0 Å². The molecule has 0 aliphatic carbocycles. The van der Waals surface area contributed by atoms with Crippen LogP contribution in [0.4, 0.5) is 0 Å². The van der Waals surface area contributed by atoms with Crippen LogP contribution in [0.2, 0.25) is 0 Å². The number of rotatable bonds is 12. The molecule has 0 aliphatic rings. The zero-order chi connectivity index (χ0) is 16.8. The summed E-state index contributed by atoms with van der Waals surface area (Å²) < 4.78 is 2.65. The molecule has 0 fully saturated rings. The van der Waals surface area contributed by atoms with Gasteiger partial charge in [0.2, 0.25) is 0 Å². The molecule has 0 amide bonds. The lowest BCUT2D eigenvalue weighted by Crippen LogP contribution is -3.00. The lowest BCUT2D eigenvalue weighted by molar-refractivity contribution is -0.538. The van der Waals surface area contributed by atoms with Crippen molar-refractivity contribution in [2.45, 2.75) is 80.1 Å². The molecule has 0 saturated carbocycles. The molecule has 23 heavy (non-hydrogen) atoms. The predicted molar refractivity (Wildman–Crippen MR) is 99.9 cm³/mol. The number of nitrogens with zero attached hydrogens (tertiary/aromatic N) is 3. The highest BCUT2D eigenvalue weighted by Crippen LogP contribution is 2.07. The third kappa shape index (κ3) is 9.17. The SMILES string of the molecule is CCCN(CCC)C(N(CCC)CCC)=[N+](CCC)CCC.[F-]. The van der Waals surface area contributed by atoms with E-state index in [0.717, 1.165) is 0 Å². The highest BCUT2D eigenvalue weighted by molar-refractivity contribution is 5.75. The first-order chi connectivity index (χ1) is 10.7. The summed E-state index contributed by atoms with van der Waals surface area (Å²) in [5, 5.41) is 0. The molecule has 0 unspecified atom stereocenters. The maximum absolute atomic E-state index is 2.65. The second-order valence-electron chi connectivity index (χ2n) is 6.26. The number of hydrogen-bond acceptors (Lipinski definition) is 0. The van der Waals surface area contributed by atoms with E-state index in [-0.39, 0.29) is 4.70 Å². The van der Waals surface area contributed by atoms with E-state index in [1.54, 1.807) is 0 Å².